The van der Waals surface area contributed by atoms with Crippen molar-refractivity contribution in [1.29, 1.82) is 0 Å². The molecule has 2 rings (SSSR count). The summed E-state index contributed by atoms with van der Waals surface area (Å²) in [6.07, 6.45) is 4.34. The van der Waals surface area contributed by atoms with Crippen LogP contribution in [-0.2, 0) is 6.54 Å². The summed E-state index contributed by atoms with van der Waals surface area (Å²) in [5.41, 5.74) is 0.896. The fourth-order valence-electron chi connectivity index (χ4n) is 2.88. The van der Waals surface area contributed by atoms with Gasteiger partial charge in [0.1, 0.15) is 0 Å². The summed E-state index contributed by atoms with van der Waals surface area (Å²) in [4.78, 5) is 6.91. The van der Waals surface area contributed by atoms with Crippen LogP contribution in [0.5, 0.6) is 11.5 Å². The Hall–Kier alpha value is -1.33. The summed E-state index contributed by atoms with van der Waals surface area (Å²) >= 11 is 0. The molecule has 112 valence electrons. The number of nitrogens with zero attached hydrogens (tertiary/aromatic N) is 2. The number of hydrogen-bond donors (Lipinski definition) is 1. The summed E-state index contributed by atoms with van der Waals surface area (Å²) in [5.74, 6) is 1.46. The summed E-state index contributed by atoms with van der Waals surface area (Å²) in [5, 5.41) is 3.49. The van der Waals surface area contributed by atoms with E-state index in [9.17, 15) is 0 Å². The standard InChI is InChI=1S/C15H25N3O2/c1-4-18-9-5-6-12(18)10-16-11-13-15(20-3)14(19-2)7-8-17-13/h7-8,12,16H,4-6,9-11H2,1-3H3. The smallest absolute Gasteiger partial charge is 0.183 e. The van der Waals surface area contributed by atoms with E-state index in [0.29, 0.717) is 12.6 Å². The van der Waals surface area contributed by atoms with Crippen LogP contribution in [0, 0.1) is 0 Å². The van der Waals surface area contributed by atoms with Gasteiger partial charge in [-0.1, -0.05) is 6.92 Å². The highest BCUT2D eigenvalue weighted by Crippen LogP contribution is 2.28. The van der Waals surface area contributed by atoms with Crippen molar-refractivity contribution in [2.45, 2.75) is 32.4 Å². The number of pyridine rings is 1. The molecule has 0 radical (unpaired) electrons. The van der Waals surface area contributed by atoms with Crippen LogP contribution < -0.4 is 14.8 Å². The molecule has 5 heteroatoms. The Morgan fingerprint density at radius 2 is 2.25 bits per heavy atom. The number of nitrogens with one attached hydrogen (secondary N) is 1. The first kappa shape index (κ1) is 15.1. The summed E-state index contributed by atoms with van der Waals surface area (Å²) in [6, 6.07) is 2.47. The highest BCUT2D eigenvalue weighted by molar-refractivity contribution is 5.42. The molecule has 1 N–H and O–H groups in total. The number of aromatic nitrogens is 1. The first-order chi connectivity index (χ1) is 9.80. The Morgan fingerprint density at radius 1 is 1.40 bits per heavy atom. The van der Waals surface area contributed by atoms with Gasteiger partial charge in [0, 0.05) is 31.4 Å². The van der Waals surface area contributed by atoms with Gasteiger partial charge in [0.15, 0.2) is 11.5 Å². The molecule has 0 spiro atoms. The molecule has 0 saturated carbocycles. The van der Waals surface area contributed by atoms with E-state index in [2.05, 4.69) is 22.1 Å². The molecule has 1 aliphatic heterocycles. The SMILES string of the molecule is CCN1CCCC1CNCc1nccc(OC)c1OC. The molecular formula is C15H25N3O2. The summed E-state index contributed by atoms with van der Waals surface area (Å²) in [6.45, 7) is 6.28. The Labute approximate surface area is 121 Å². The molecule has 5 nitrogen and oxygen atoms in total. The van der Waals surface area contributed by atoms with Gasteiger partial charge >= 0.3 is 0 Å². The van der Waals surface area contributed by atoms with Crippen molar-refractivity contribution >= 4 is 0 Å². The lowest BCUT2D eigenvalue weighted by molar-refractivity contribution is 0.259. The average Bonchev–Trinajstić information content (AvgIpc) is 2.94. The van der Waals surface area contributed by atoms with Crippen molar-refractivity contribution in [2.24, 2.45) is 0 Å². The number of methoxy groups -OCH3 is 2. The van der Waals surface area contributed by atoms with E-state index in [-0.39, 0.29) is 0 Å². The first-order valence-corrected chi connectivity index (χ1v) is 7.30. The number of rotatable bonds is 7. The molecular weight excluding hydrogens is 254 g/mol. The fraction of sp³-hybridized carbons (Fsp3) is 0.667. The highest BCUT2D eigenvalue weighted by atomic mass is 16.5. The number of likely N-dealkylation sites (tertiary alicyclic amines) is 1. The van der Waals surface area contributed by atoms with Crippen LogP contribution >= 0.6 is 0 Å². The lowest BCUT2D eigenvalue weighted by Crippen LogP contribution is -2.37. The van der Waals surface area contributed by atoms with Gasteiger partial charge in [-0.25, -0.2) is 0 Å². The van der Waals surface area contributed by atoms with Gasteiger partial charge in [-0.05, 0) is 25.9 Å². The predicted octanol–water partition coefficient (Wildman–Crippen LogP) is 1.67. The van der Waals surface area contributed by atoms with Gasteiger partial charge in [0.25, 0.3) is 0 Å². The maximum Gasteiger partial charge on any atom is 0.183 e. The monoisotopic (exact) mass is 279 g/mol. The number of hydrogen-bond acceptors (Lipinski definition) is 5. The van der Waals surface area contributed by atoms with Crippen LogP contribution in [0.2, 0.25) is 0 Å². The third kappa shape index (κ3) is 3.41. The van der Waals surface area contributed by atoms with Crippen molar-refractivity contribution in [1.82, 2.24) is 15.2 Å². The second-order valence-electron chi connectivity index (χ2n) is 5.05. The molecule has 1 aliphatic rings. The molecule has 1 aromatic rings. The second kappa shape index (κ2) is 7.45. The summed E-state index contributed by atoms with van der Waals surface area (Å²) < 4.78 is 10.7. The van der Waals surface area contributed by atoms with E-state index in [1.54, 1.807) is 20.4 Å². The van der Waals surface area contributed by atoms with E-state index in [1.807, 2.05) is 6.07 Å². The molecule has 1 aromatic heterocycles. The van der Waals surface area contributed by atoms with Gasteiger partial charge in [-0.2, -0.15) is 0 Å². The predicted molar refractivity (Wildman–Crippen MR) is 79.3 cm³/mol. The van der Waals surface area contributed by atoms with Crippen molar-refractivity contribution in [3.63, 3.8) is 0 Å². The Kier molecular flexibility index (Phi) is 5.61. The maximum absolute atomic E-state index is 5.39. The average molecular weight is 279 g/mol. The van der Waals surface area contributed by atoms with Gasteiger partial charge in [0.05, 0.1) is 19.9 Å². The maximum atomic E-state index is 5.39. The molecule has 0 aromatic carbocycles. The molecule has 20 heavy (non-hydrogen) atoms. The van der Waals surface area contributed by atoms with Crippen molar-refractivity contribution in [3.05, 3.63) is 18.0 Å². The van der Waals surface area contributed by atoms with E-state index in [4.69, 9.17) is 9.47 Å². The molecule has 0 bridgehead atoms. The minimum Gasteiger partial charge on any atom is -0.493 e. The zero-order valence-electron chi connectivity index (χ0n) is 12.7. The third-order valence-corrected chi connectivity index (χ3v) is 3.94. The Bertz CT molecular complexity index is 426. The quantitative estimate of drug-likeness (QED) is 0.822. The van der Waals surface area contributed by atoms with Gasteiger partial charge in [0.2, 0.25) is 0 Å². The first-order valence-electron chi connectivity index (χ1n) is 7.30. The van der Waals surface area contributed by atoms with Crippen LogP contribution in [0.4, 0.5) is 0 Å². The van der Waals surface area contributed by atoms with Crippen molar-refractivity contribution in [2.75, 3.05) is 33.9 Å². The van der Waals surface area contributed by atoms with Gasteiger partial charge < -0.3 is 14.8 Å². The van der Waals surface area contributed by atoms with Crippen LogP contribution in [0.25, 0.3) is 0 Å². The van der Waals surface area contributed by atoms with Crippen LogP contribution in [0.3, 0.4) is 0 Å². The molecule has 2 heterocycles. The summed E-state index contributed by atoms with van der Waals surface area (Å²) in [7, 11) is 3.30. The topological polar surface area (TPSA) is 46.6 Å². The van der Waals surface area contributed by atoms with E-state index in [1.165, 1.54) is 19.4 Å². The van der Waals surface area contributed by atoms with Gasteiger partial charge in [-0.3, -0.25) is 9.88 Å². The minimum atomic E-state index is 0.650. The molecule has 1 fully saturated rings. The van der Waals surface area contributed by atoms with E-state index < -0.39 is 0 Å². The molecule has 1 saturated heterocycles. The number of likely N-dealkylation sites (N-methyl/N-ethyl adjacent to an activating group) is 1. The lowest BCUT2D eigenvalue weighted by Gasteiger charge is -2.23. The largest absolute Gasteiger partial charge is 0.493 e. The van der Waals surface area contributed by atoms with Crippen molar-refractivity contribution in [3.8, 4) is 11.5 Å². The van der Waals surface area contributed by atoms with E-state index in [0.717, 1.165) is 30.3 Å². The Morgan fingerprint density at radius 3 is 2.95 bits per heavy atom. The fourth-order valence-corrected chi connectivity index (χ4v) is 2.88. The highest BCUT2D eigenvalue weighted by Gasteiger charge is 2.22. The zero-order chi connectivity index (χ0) is 14.4. The van der Waals surface area contributed by atoms with Crippen LogP contribution in [0.15, 0.2) is 12.3 Å². The lowest BCUT2D eigenvalue weighted by atomic mass is 10.2. The normalized spacial score (nSPS) is 19.2. The van der Waals surface area contributed by atoms with Crippen LogP contribution in [-0.4, -0.2) is 49.8 Å². The molecule has 1 atom stereocenters. The second-order valence-corrected chi connectivity index (χ2v) is 5.05. The molecule has 1 unspecified atom stereocenters. The molecule has 0 amide bonds. The van der Waals surface area contributed by atoms with Crippen LogP contribution in [0.1, 0.15) is 25.5 Å². The van der Waals surface area contributed by atoms with E-state index >= 15 is 0 Å². The third-order valence-electron chi connectivity index (χ3n) is 3.94. The van der Waals surface area contributed by atoms with Crippen molar-refractivity contribution < 1.29 is 9.47 Å². The Balaban J connectivity index is 1.91. The number of ether oxygens (including phenoxy) is 2. The molecule has 0 aliphatic carbocycles. The minimum absolute atomic E-state index is 0.650. The van der Waals surface area contributed by atoms with Gasteiger partial charge in [-0.15, -0.1) is 0 Å². The zero-order valence-corrected chi connectivity index (χ0v) is 12.7.